The number of nitrogens with zero attached hydrogens (tertiary/aromatic N) is 4. The van der Waals surface area contributed by atoms with Crippen molar-refractivity contribution < 1.29 is 23.4 Å². The molecule has 0 spiro atoms. The number of aromatic amines is 1. The zero-order chi connectivity index (χ0) is 20.9. The van der Waals surface area contributed by atoms with E-state index in [0.29, 0.717) is 26.3 Å². The second-order valence-electron chi connectivity index (χ2n) is 6.65. The van der Waals surface area contributed by atoms with Gasteiger partial charge < -0.3 is 24.5 Å². The van der Waals surface area contributed by atoms with Crippen LogP contribution in [0.4, 0.5) is 20.3 Å². The fourth-order valence-electron chi connectivity index (χ4n) is 3.25. The van der Waals surface area contributed by atoms with Gasteiger partial charge in [0.15, 0.2) is 17.3 Å². The van der Waals surface area contributed by atoms with E-state index < -0.39 is 23.2 Å². The third-order valence-corrected chi connectivity index (χ3v) is 4.73. The number of hydrogen-bond acceptors (Lipinski definition) is 7. The third-order valence-electron chi connectivity index (χ3n) is 4.73. The van der Waals surface area contributed by atoms with Gasteiger partial charge in [0, 0.05) is 35.8 Å². The molecule has 2 aromatic heterocycles. The first-order chi connectivity index (χ1) is 14.7. The molecule has 0 atom stereocenters. The predicted octanol–water partition coefficient (Wildman–Crippen LogP) is 3.33. The van der Waals surface area contributed by atoms with Crippen molar-refractivity contribution >= 4 is 22.4 Å². The predicted molar refractivity (Wildman–Crippen MR) is 106 cm³/mol. The molecule has 8 nitrogen and oxygen atoms in total. The van der Waals surface area contributed by atoms with E-state index in [9.17, 15) is 4.39 Å². The molecule has 0 bridgehead atoms. The Labute approximate surface area is 171 Å². The van der Waals surface area contributed by atoms with Gasteiger partial charge >= 0.3 is 0 Å². The number of azo groups is 1. The smallest absolute Gasteiger partial charge is 0.255 e. The van der Waals surface area contributed by atoms with Gasteiger partial charge in [-0.15, -0.1) is 5.11 Å². The summed E-state index contributed by atoms with van der Waals surface area (Å²) in [6.45, 7) is 1.26. The van der Waals surface area contributed by atoms with Gasteiger partial charge in [-0.25, -0.2) is 4.39 Å². The van der Waals surface area contributed by atoms with Crippen LogP contribution in [0.1, 0.15) is 5.56 Å². The summed E-state index contributed by atoms with van der Waals surface area (Å²) in [7, 11) is 0. The summed E-state index contributed by atoms with van der Waals surface area (Å²) in [6.07, 6.45) is 1.79. The average Bonchev–Trinajstić information content (AvgIpc) is 3.19. The van der Waals surface area contributed by atoms with Crippen molar-refractivity contribution in [3.05, 3.63) is 47.7 Å². The Bertz CT molecular complexity index is 1050. The van der Waals surface area contributed by atoms with Crippen molar-refractivity contribution in [2.75, 3.05) is 44.4 Å². The van der Waals surface area contributed by atoms with Crippen molar-refractivity contribution in [2.24, 2.45) is 10.2 Å². The summed E-state index contributed by atoms with van der Waals surface area (Å²) >= 11 is 0. The third kappa shape index (κ3) is 4.10. The lowest BCUT2D eigenvalue weighted by molar-refractivity contribution is 0.122. The lowest BCUT2D eigenvalue weighted by atomic mass is 10.2. The van der Waals surface area contributed by atoms with E-state index in [1.54, 1.807) is 11.1 Å². The van der Waals surface area contributed by atoms with E-state index in [1.165, 1.54) is 0 Å². The Kier molecular flexibility index (Phi) is 6.15. The molecule has 1 aliphatic rings. The van der Waals surface area contributed by atoms with Gasteiger partial charge in [-0.05, 0) is 6.07 Å². The van der Waals surface area contributed by atoms with Crippen LogP contribution in [0.5, 0.6) is 5.88 Å². The van der Waals surface area contributed by atoms with Crippen molar-refractivity contribution in [2.45, 2.75) is 6.54 Å². The molecule has 0 radical (unpaired) electrons. The highest BCUT2D eigenvalue weighted by molar-refractivity contribution is 5.82. The van der Waals surface area contributed by atoms with E-state index in [0.717, 1.165) is 16.5 Å². The van der Waals surface area contributed by atoms with Crippen LogP contribution in [-0.2, 0) is 11.3 Å². The van der Waals surface area contributed by atoms with Crippen LogP contribution in [-0.4, -0.2) is 54.6 Å². The molecular weight excluding hydrogens is 396 g/mol. The summed E-state index contributed by atoms with van der Waals surface area (Å²) in [5.41, 5.74) is 1.23. The van der Waals surface area contributed by atoms with E-state index in [1.807, 2.05) is 24.3 Å². The molecule has 0 aliphatic carbocycles. The minimum absolute atomic E-state index is 0.0753. The molecule has 0 amide bonds. The number of aromatic nitrogens is 2. The van der Waals surface area contributed by atoms with E-state index in [4.69, 9.17) is 14.6 Å². The lowest BCUT2D eigenvalue weighted by Gasteiger charge is -2.28. The van der Waals surface area contributed by atoms with Crippen molar-refractivity contribution in [3.63, 3.8) is 0 Å². The maximum absolute atomic E-state index is 15.1. The number of anilines is 1. The highest BCUT2D eigenvalue weighted by atomic mass is 19.1. The van der Waals surface area contributed by atoms with Gasteiger partial charge in [-0.1, -0.05) is 18.2 Å². The number of fused-ring (bicyclic) bond motifs is 1. The van der Waals surface area contributed by atoms with E-state index in [-0.39, 0.29) is 25.6 Å². The number of ether oxygens (including phenoxy) is 2. The summed E-state index contributed by atoms with van der Waals surface area (Å²) in [5.74, 6) is -2.46. The zero-order valence-corrected chi connectivity index (χ0v) is 16.1. The highest BCUT2D eigenvalue weighted by Gasteiger charge is 2.26. The summed E-state index contributed by atoms with van der Waals surface area (Å²) in [6, 6.07) is 7.67. The number of nitrogens with one attached hydrogen (secondary N) is 1. The highest BCUT2D eigenvalue weighted by Crippen LogP contribution is 2.35. The molecule has 4 rings (SSSR count). The number of para-hydroxylation sites is 1. The van der Waals surface area contributed by atoms with Gasteiger partial charge in [0.1, 0.15) is 6.61 Å². The Balaban J connectivity index is 1.65. The number of aliphatic hydroxyl groups is 1. The number of halogens is 2. The molecule has 1 fully saturated rings. The first-order valence-corrected chi connectivity index (χ1v) is 9.57. The molecular formula is C20H21F2N5O3. The Hall–Kier alpha value is -3.11. The monoisotopic (exact) mass is 417 g/mol. The van der Waals surface area contributed by atoms with Crippen LogP contribution in [0.2, 0.25) is 0 Å². The largest absolute Gasteiger partial charge is 0.473 e. The molecule has 0 unspecified atom stereocenters. The summed E-state index contributed by atoms with van der Waals surface area (Å²) < 4.78 is 40.3. The summed E-state index contributed by atoms with van der Waals surface area (Å²) in [4.78, 5) is 8.74. The lowest BCUT2D eigenvalue weighted by Crippen LogP contribution is -2.37. The first kappa shape index (κ1) is 20.2. The molecule has 1 aromatic carbocycles. The first-order valence-electron chi connectivity index (χ1n) is 9.57. The molecule has 3 heterocycles. The van der Waals surface area contributed by atoms with Crippen LogP contribution < -0.4 is 9.64 Å². The molecule has 1 aliphatic heterocycles. The number of aliphatic hydroxyl groups excluding tert-OH is 1. The molecule has 0 saturated carbocycles. The van der Waals surface area contributed by atoms with Crippen LogP contribution >= 0.6 is 0 Å². The van der Waals surface area contributed by atoms with Gasteiger partial charge in [-0.3, -0.25) is 0 Å². The van der Waals surface area contributed by atoms with Crippen LogP contribution in [0, 0.1) is 11.6 Å². The van der Waals surface area contributed by atoms with Crippen LogP contribution in [0.15, 0.2) is 40.7 Å². The zero-order valence-electron chi connectivity index (χ0n) is 16.1. The van der Waals surface area contributed by atoms with Crippen LogP contribution in [0.3, 0.4) is 0 Å². The molecule has 2 N–H and O–H groups in total. The Morgan fingerprint density at radius 3 is 2.80 bits per heavy atom. The topological polar surface area (TPSA) is 95.3 Å². The molecule has 158 valence electrons. The maximum atomic E-state index is 15.1. The summed E-state index contributed by atoms with van der Waals surface area (Å²) in [5, 5.41) is 17.8. The standard InChI is InChI=1S/C20H21F2N5O3/c21-16-18(26-24-12-13-11-23-15-4-2-1-3-14(13)15)17(22)20(30-10-7-28)25-19(16)27-5-8-29-9-6-27/h1-4,11,23,28H,5-10,12H2. The fraction of sp³-hybridized carbons (Fsp3) is 0.350. The van der Waals surface area contributed by atoms with Crippen LogP contribution in [0.25, 0.3) is 10.9 Å². The van der Waals surface area contributed by atoms with Gasteiger partial charge in [0.25, 0.3) is 5.88 Å². The van der Waals surface area contributed by atoms with Gasteiger partial charge in [-0.2, -0.15) is 14.5 Å². The quantitative estimate of drug-likeness (QED) is 0.575. The Morgan fingerprint density at radius 1 is 1.20 bits per heavy atom. The SMILES string of the molecule is OCCOc1nc(N2CCOCC2)c(F)c(N=NCc2c[nH]c3ccccc23)c1F. The molecule has 10 heteroatoms. The van der Waals surface area contributed by atoms with E-state index in [2.05, 4.69) is 20.2 Å². The molecule has 30 heavy (non-hydrogen) atoms. The number of H-pyrrole nitrogens is 1. The number of pyridine rings is 1. The van der Waals surface area contributed by atoms with Crippen molar-refractivity contribution in [1.29, 1.82) is 0 Å². The number of benzene rings is 1. The number of rotatable bonds is 7. The number of hydrogen-bond donors (Lipinski definition) is 2. The number of morpholine rings is 1. The average molecular weight is 417 g/mol. The molecule has 1 saturated heterocycles. The molecule has 3 aromatic rings. The van der Waals surface area contributed by atoms with Crippen molar-refractivity contribution in [3.8, 4) is 5.88 Å². The van der Waals surface area contributed by atoms with Gasteiger partial charge in [0.2, 0.25) is 5.82 Å². The minimum Gasteiger partial charge on any atom is -0.473 e. The minimum atomic E-state index is -1.05. The van der Waals surface area contributed by atoms with E-state index >= 15 is 4.39 Å². The second kappa shape index (κ2) is 9.14. The van der Waals surface area contributed by atoms with Crippen molar-refractivity contribution in [1.82, 2.24) is 9.97 Å². The normalized spacial score (nSPS) is 14.7. The maximum Gasteiger partial charge on any atom is 0.255 e. The Morgan fingerprint density at radius 2 is 2.00 bits per heavy atom. The fourth-order valence-corrected chi connectivity index (χ4v) is 3.25. The van der Waals surface area contributed by atoms with Gasteiger partial charge in [0.05, 0.1) is 26.4 Å². The second-order valence-corrected chi connectivity index (χ2v) is 6.65.